The van der Waals surface area contributed by atoms with Gasteiger partial charge < -0.3 is 14.8 Å². The Bertz CT molecular complexity index is 1030. The van der Waals surface area contributed by atoms with Gasteiger partial charge in [-0.05, 0) is 47.2 Å². The second-order valence-corrected chi connectivity index (χ2v) is 10.1. The highest BCUT2D eigenvalue weighted by atomic mass is 35.5. The van der Waals surface area contributed by atoms with E-state index in [2.05, 4.69) is 10.0 Å². The molecule has 168 valence electrons. The third-order valence-electron chi connectivity index (χ3n) is 4.94. The first kappa shape index (κ1) is 23.5. The van der Waals surface area contributed by atoms with Gasteiger partial charge in [-0.25, -0.2) is 17.9 Å². The predicted molar refractivity (Wildman–Crippen MR) is 120 cm³/mol. The molecular weight excluding hydrogens is 440 g/mol. The molecule has 0 atom stereocenters. The van der Waals surface area contributed by atoms with Crippen molar-refractivity contribution in [2.24, 2.45) is 0 Å². The molecular formula is C22H27ClN2O5S. The summed E-state index contributed by atoms with van der Waals surface area (Å²) >= 11 is 6.26. The van der Waals surface area contributed by atoms with Gasteiger partial charge in [0, 0.05) is 16.3 Å². The molecule has 31 heavy (non-hydrogen) atoms. The van der Waals surface area contributed by atoms with Gasteiger partial charge >= 0.3 is 6.03 Å². The van der Waals surface area contributed by atoms with Crippen molar-refractivity contribution in [3.63, 3.8) is 0 Å². The Kier molecular flexibility index (Phi) is 7.26. The van der Waals surface area contributed by atoms with Gasteiger partial charge in [0.05, 0.1) is 18.1 Å². The molecule has 1 heterocycles. The normalized spacial score (nSPS) is 14.9. The lowest BCUT2D eigenvalue weighted by molar-refractivity contribution is -0.0442. The Balaban J connectivity index is 1.85. The van der Waals surface area contributed by atoms with Crippen LogP contribution in [0.15, 0.2) is 41.3 Å². The van der Waals surface area contributed by atoms with E-state index in [4.69, 9.17) is 21.1 Å². The van der Waals surface area contributed by atoms with E-state index in [9.17, 15) is 13.2 Å². The van der Waals surface area contributed by atoms with E-state index >= 15 is 0 Å². The molecule has 2 amide bonds. The number of amides is 2. The fraction of sp³-hybridized carbons (Fsp3) is 0.409. The number of anilines is 1. The zero-order valence-corrected chi connectivity index (χ0v) is 19.5. The summed E-state index contributed by atoms with van der Waals surface area (Å²) in [5.74, 6) is 0.150. The summed E-state index contributed by atoms with van der Waals surface area (Å²) in [6, 6.07) is 8.87. The number of hydrogen-bond acceptors (Lipinski definition) is 5. The number of sulfonamides is 1. The molecule has 0 bridgehead atoms. The van der Waals surface area contributed by atoms with Crippen molar-refractivity contribution >= 4 is 33.3 Å². The summed E-state index contributed by atoms with van der Waals surface area (Å²) < 4.78 is 38.6. The molecule has 2 aromatic carbocycles. The van der Waals surface area contributed by atoms with Crippen LogP contribution in [-0.4, -0.2) is 27.7 Å². The van der Waals surface area contributed by atoms with Gasteiger partial charge in [-0.1, -0.05) is 51.4 Å². The van der Waals surface area contributed by atoms with Crippen LogP contribution >= 0.6 is 11.6 Å². The average molecular weight is 467 g/mol. The fourth-order valence-corrected chi connectivity index (χ4v) is 4.60. The van der Waals surface area contributed by atoms with Crippen molar-refractivity contribution in [3.8, 4) is 0 Å². The topological polar surface area (TPSA) is 93.7 Å². The SMILES string of the molecule is CC(C)c1cc(Cl)cc(C(C)C)c1NC(=O)NS(=O)(=O)c1cccc(C2OCCO2)c1. The number of urea groups is 1. The van der Waals surface area contributed by atoms with Crippen molar-refractivity contribution < 1.29 is 22.7 Å². The minimum atomic E-state index is -4.11. The van der Waals surface area contributed by atoms with E-state index < -0.39 is 22.3 Å². The molecule has 7 nitrogen and oxygen atoms in total. The van der Waals surface area contributed by atoms with Crippen LogP contribution < -0.4 is 10.0 Å². The first-order valence-electron chi connectivity index (χ1n) is 10.1. The molecule has 3 rings (SSSR count). The highest BCUT2D eigenvalue weighted by molar-refractivity contribution is 7.90. The van der Waals surface area contributed by atoms with Crippen LogP contribution in [0, 0.1) is 0 Å². The quantitative estimate of drug-likeness (QED) is 0.614. The molecule has 2 aromatic rings. The van der Waals surface area contributed by atoms with Crippen molar-refractivity contribution in [2.45, 2.75) is 50.7 Å². The van der Waals surface area contributed by atoms with Crippen molar-refractivity contribution in [2.75, 3.05) is 18.5 Å². The molecule has 0 spiro atoms. The maximum atomic E-state index is 12.8. The first-order chi connectivity index (χ1) is 14.6. The van der Waals surface area contributed by atoms with Gasteiger partial charge in [0.15, 0.2) is 6.29 Å². The molecule has 0 aromatic heterocycles. The van der Waals surface area contributed by atoms with Gasteiger partial charge in [-0.3, -0.25) is 0 Å². The largest absolute Gasteiger partial charge is 0.346 e. The van der Waals surface area contributed by atoms with Crippen LogP contribution in [-0.2, 0) is 19.5 Å². The van der Waals surface area contributed by atoms with Gasteiger partial charge in [0.2, 0.25) is 0 Å². The number of nitrogens with one attached hydrogen (secondary N) is 2. The Morgan fingerprint density at radius 2 is 1.61 bits per heavy atom. The van der Waals surface area contributed by atoms with E-state index in [0.717, 1.165) is 11.1 Å². The first-order valence-corrected chi connectivity index (χ1v) is 11.9. The third kappa shape index (κ3) is 5.57. The van der Waals surface area contributed by atoms with Gasteiger partial charge in [-0.15, -0.1) is 0 Å². The maximum absolute atomic E-state index is 12.8. The van der Waals surface area contributed by atoms with Gasteiger partial charge in [0.25, 0.3) is 10.0 Å². The standard InChI is InChI=1S/C22H27ClN2O5S/c1-13(2)18-11-16(23)12-19(14(3)4)20(18)24-22(26)25-31(27,28)17-7-5-6-15(10-17)21-29-8-9-30-21/h5-7,10-14,21H,8-9H2,1-4H3,(H2,24,25,26). The van der Waals surface area contributed by atoms with E-state index in [1.54, 1.807) is 24.3 Å². The summed E-state index contributed by atoms with van der Waals surface area (Å²) in [6.45, 7) is 8.81. The summed E-state index contributed by atoms with van der Waals surface area (Å²) in [5, 5.41) is 3.30. The van der Waals surface area contributed by atoms with Crippen LogP contribution in [0.5, 0.6) is 0 Å². The molecule has 9 heteroatoms. The van der Waals surface area contributed by atoms with E-state index in [-0.39, 0.29) is 16.7 Å². The minimum Gasteiger partial charge on any atom is -0.346 e. The lowest BCUT2D eigenvalue weighted by atomic mass is 9.92. The summed E-state index contributed by atoms with van der Waals surface area (Å²) in [5.41, 5.74) is 2.81. The minimum absolute atomic E-state index is 0.0523. The Morgan fingerprint density at radius 1 is 1.03 bits per heavy atom. The van der Waals surface area contributed by atoms with Crippen LogP contribution in [0.3, 0.4) is 0 Å². The van der Waals surface area contributed by atoms with Crippen LogP contribution in [0.25, 0.3) is 0 Å². The highest BCUT2D eigenvalue weighted by Gasteiger charge is 2.24. The number of rotatable bonds is 6. The van der Waals surface area contributed by atoms with Crippen LogP contribution in [0.4, 0.5) is 10.5 Å². The highest BCUT2D eigenvalue weighted by Crippen LogP contribution is 2.35. The van der Waals surface area contributed by atoms with Crippen LogP contribution in [0.2, 0.25) is 5.02 Å². The molecule has 0 radical (unpaired) electrons. The van der Waals surface area contributed by atoms with Gasteiger partial charge in [0.1, 0.15) is 0 Å². The second kappa shape index (κ2) is 9.56. The smallest absolute Gasteiger partial charge is 0.333 e. The number of hydrogen-bond donors (Lipinski definition) is 2. The second-order valence-electron chi connectivity index (χ2n) is 7.97. The summed E-state index contributed by atoms with van der Waals surface area (Å²) in [7, 11) is -4.11. The lowest BCUT2D eigenvalue weighted by Crippen LogP contribution is -2.35. The number of carbonyl (C=O) groups is 1. The van der Waals surface area contributed by atoms with Gasteiger partial charge in [-0.2, -0.15) is 0 Å². The number of carbonyl (C=O) groups excluding carboxylic acids is 1. The van der Waals surface area contributed by atoms with Crippen molar-refractivity contribution in [3.05, 3.63) is 58.1 Å². The Labute approximate surface area is 188 Å². The maximum Gasteiger partial charge on any atom is 0.333 e. The average Bonchev–Trinajstić information content (AvgIpc) is 3.23. The molecule has 0 aliphatic carbocycles. The van der Waals surface area contributed by atoms with Crippen molar-refractivity contribution in [1.82, 2.24) is 4.72 Å². The molecule has 0 unspecified atom stereocenters. The number of benzene rings is 2. The molecule has 1 fully saturated rings. The molecule has 1 saturated heterocycles. The Hall–Kier alpha value is -2.13. The molecule has 0 saturated carbocycles. The third-order valence-corrected chi connectivity index (χ3v) is 6.48. The zero-order valence-electron chi connectivity index (χ0n) is 17.9. The summed E-state index contributed by atoms with van der Waals surface area (Å²) in [4.78, 5) is 12.6. The molecule has 1 aliphatic rings. The monoisotopic (exact) mass is 466 g/mol. The zero-order chi connectivity index (χ0) is 22.8. The fourth-order valence-electron chi connectivity index (χ4n) is 3.40. The lowest BCUT2D eigenvalue weighted by Gasteiger charge is -2.21. The molecule has 2 N–H and O–H groups in total. The van der Waals surface area contributed by atoms with E-state index in [1.165, 1.54) is 12.1 Å². The van der Waals surface area contributed by atoms with E-state index in [0.29, 0.717) is 29.5 Å². The molecule has 1 aliphatic heterocycles. The summed E-state index contributed by atoms with van der Waals surface area (Å²) in [6.07, 6.45) is -0.611. The van der Waals surface area contributed by atoms with Crippen LogP contribution in [0.1, 0.15) is 62.5 Å². The van der Waals surface area contributed by atoms with Crippen molar-refractivity contribution in [1.29, 1.82) is 0 Å². The number of ether oxygens (including phenoxy) is 2. The predicted octanol–water partition coefficient (Wildman–Crippen LogP) is 5.14. The Morgan fingerprint density at radius 3 is 2.16 bits per heavy atom. The number of halogens is 1. The van der Waals surface area contributed by atoms with E-state index in [1.807, 2.05) is 27.7 Å².